The van der Waals surface area contributed by atoms with Crippen LogP contribution in [0.3, 0.4) is 0 Å². The molecule has 4 rings (SSSR count). The van der Waals surface area contributed by atoms with E-state index in [1.54, 1.807) is 25.8 Å². The molecule has 0 saturated heterocycles. The van der Waals surface area contributed by atoms with Gasteiger partial charge < -0.3 is 25.4 Å². The van der Waals surface area contributed by atoms with E-state index in [1.165, 1.54) is 0 Å². The first-order valence-electron chi connectivity index (χ1n) is 16.4. The predicted octanol–water partition coefficient (Wildman–Crippen LogP) is 3.08. The summed E-state index contributed by atoms with van der Waals surface area (Å²) in [6, 6.07) is 14.4. The Bertz CT molecular complexity index is 1480. The molecular weight excluding hydrogens is 598 g/mol. The molecule has 1 aliphatic heterocycles. The molecule has 47 heavy (non-hydrogen) atoms. The van der Waals surface area contributed by atoms with Crippen LogP contribution in [0, 0.1) is 12.8 Å². The minimum absolute atomic E-state index is 0.0166. The average molecular weight is 648 g/mol. The summed E-state index contributed by atoms with van der Waals surface area (Å²) in [6.07, 6.45) is 1.94. The number of nitrogens with zero attached hydrogens (tertiary/aromatic N) is 4. The Balaban J connectivity index is 1.57. The summed E-state index contributed by atoms with van der Waals surface area (Å²) in [7, 11) is 3.30. The molecule has 254 valence electrons. The molecule has 3 aromatic rings. The van der Waals surface area contributed by atoms with Gasteiger partial charge in [-0.05, 0) is 55.5 Å². The highest BCUT2D eigenvalue weighted by Crippen LogP contribution is 2.23. The Kier molecular flexibility index (Phi) is 13.3. The van der Waals surface area contributed by atoms with Crippen molar-refractivity contribution in [2.24, 2.45) is 5.92 Å². The number of hydrogen-bond donors (Lipinski definition) is 3. The maximum absolute atomic E-state index is 13.8. The fourth-order valence-electron chi connectivity index (χ4n) is 5.84. The van der Waals surface area contributed by atoms with E-state index in [-0.39, 0.29) is 36.6 Å². The van der Waals surface area contributed by atoms with Crippen LogP contribution in [0.2, 0.25) is 0 Å². The second kappa shape index (κ2) is 17.6. The second-order valence-corrected chi connectivity index (χ2v) is 12.4. The zero-order valence-corrected chi connectivity index (χ0v) is 28.3. The number of fused-ring (bicyclic) bond motifs is 1. The van der Waals surface area contributed by atoms with Gasteiger partial charge >= 0.3 is 0 Å². The number of ether oxygens (including phenoxy) is 2. The number of amides is 3. The molecule has 0 spiro atoms. The van der Waals surface area contributed by atoms with Crippen LogP contribution >= 0.6 is 0 Å². The molecule has 0 saturated carbocycles. The van der Waals surface area contributed by atoms with Gasteiger partial charge in [-0.25, -0.2) is 9.67 Å². The lowest BCUT2D eigenvalue weighted by atomic mass is 10.0. The van der Waals surface area contributed by atoms with E-state index in [4.69, 9.17) is 9.47 Å². The molecule has 0 radical (unpaired) electrons. The number of rotatable bonds is 8. The van der Waals surface area contributed by atoms with E-state index in [9.17, 15) is 14.4 Å². The van der Waals surface area contributed by atoms with Crippen molar-refractivity contribution in [3.05, 3.63) is 76.9 Å². The van der Waals surface area contributed by atoms with Gasteiger partial charge in [0.25, 0.3) is 0 Å². The van der Waals surface area contributed by atoms with Gasteiger partial charge in [-0.15, -0.1) is 0 Å². The van der Waals surface area contributed by atoms with Gasteiger partial charge in [0.2, 0.25) is 17.7 Å². The third kappa shape index (κ3) is 10.6. The standard InChI is InChI=1S/C35H49N7O5/c1-24(2)33-34-37-25(3)40-42(34)22-32(44)36-16-10-18-41(21-27-14-15-30(47-5)28(19-27)23-46-4)17-9-13-31(43)38-29(35(45)39-33)20-26-11-7-6-8-12-26/h6-8,11-12,14-15,19,24,29,33H,9-10,13,16-18,20-23H2,1-5H3,(H,36,44)(H,38,43)(H,39,45)/t29-,33+/m1/s1. The van der Waals surface area contributed by atoms with Crippen molar-refractivity contribution in [3.8, 4) is 5.75 Å². The molecule has 3 amide bonds. The van der Waals surface area contributed by atoms with Gasteiger partial charge in [0.1, 0.15) is 24.2 Å². The lowest BCUT2D eigenvalue weighted by Crippen LogP contribution is -2.50. The van der Waals surface area contributed by atoms with Crippen LogP contribution in [0.15, 0.2) is 48.5 Å². The lowest BCUT2D eigenvalue weighted by Gasteiger charge is -2.26. The molecule has 1 aliphatic rings. The number of nitrogens with one attached hydrogen (secondary N) is 3. The van der Waals surface area contributed by atoms with Gasteiger partial charge in [-0.1, -0.05) is 50.2 Å². The Morgan fingerprint density at radius 1 is 0.957 bits per heavy atom. The van der Waals surface area contributed by atoms with Gasteiger partial charge in [-0.3, -0.25) is 19.3 Å². The van der Waals surface area contributed by atoms with Crippen LogP contribution in [0.25, 0.3) is 0 Å². The first-order chi connectivity index (χ1) is 22.7. The molecule has 1 aromatic heterocycles. The van der Waals surface area contributed by atoms with E-state index in [1.807, 2.05) is 56.3 Å². The minimum atomic E-state index is -0.791. The Hall–Kier alpha value is -4.29. The first kappa shape index (κ1) is 35.6. The molecule has 0 fully saturated rings. The number of hydrogen-bond acceptors (Lipinski definition) is 8. The van der Waals surface area contributed by atoms with Crippen molar-refractivity contribution in [2.45, 2.75) is 78.2 Å². The zero-order valence-electron chi connectivity index (χ0n) is 28.3. The normalized spacial score (nSPS) is 19.2. The molecular formula is C35H49N7O5. The Labute approximate surface area is 277 Å². The fraction of sp³-hybridized carbons (Fsp3) is 0.514. The average Bonchev–Trinajstić information content (AvgIpc) is 3.40. The fourth-order valence-corrected chi connectivity index (χ4v) is 5.84. The highest BCUT2D eigenvalue weighted by Gasteiger charge is 2.29. The molecule has 12 nitrogen and oxygen atoms in total. The van der Waals surface area contributed by atoms with Crippen LogP contribution in [0.4, 0.5) is 0 Å². The number of aromatic nitrogens is 3. The topological polar surface area (TPSA) is 140 Å². The Morgan fingerprint density at radius 2 is 1.72 bits per heavy atom. The van der Waals surface area contributed by atoms with Crippen molar-refractivity contribution in [3.63, 3.8) is 0 Å². The first-order valence-corrected chi connectivity index (χ1v) is 16.4. The van der Waals surface area contributed by atoms with Crippen LogP contribution in [-0.4, -0.2) is 77.3 Å². The Morgan fingerprint density at radius 3 is 2.45 bits per heavy atom. The second-order valence-electron chi connectivity index (χ2n) is 12.4. The van der Waals surface area contributed by atoms with Gasteiger partial charge in [-0.2, -0.15) is 5.10 Å². The lowest BCUT2D eigenvalue weighted by molar-refractivity contribution is -0.129. The summed E-state index contributed by atoms with van der Waals surface area (Å²) in [5, 5.41) is 13.6. The summed E-state index contributed by atoms with van der Waals surface area (Å²) in [4.78, 5) is 47.1. The number of aryl methyl sites for hydroxylation is 1. The molecule has 12 heteroatoms. The predicted molar refractivity (Wildman–Crippen MR) is 178 cm³/mol. The SMILES string of the molecule is COCc1cc(CN2CCCNC(=O)Cn3nc(C)nc3[C@H](C(C)C)NC(=O)[C@@H](Cc3ccccc3)NC(=O)CCC2)ccc1OC. The zero-order chi connectivity index (χ0) is 33.8. The van der Waals surface area contributed by atoms with Crippen LogP contribution in [-0.2, 0) is 45.2 Å². The van der Waals surface area contributed by atoms with Gasteiger partial charge in [0, 0.05) is 45.1 Å². The maximum Gasteiger partial charge on any atom is 0.243 e. The van der Waals surface area contributed by atoms with Crippen molar-refractivity contribution >= 4 is 17.7 Å². The van der Waals surface area contributed by atoms with Gasteiger partial charge in [0.15, 0.2) is 5.82 Å². The molecule has 0 bridgehead atoms. The van der Waals surface area contributed by atoms with E-state index < -0.39 is 12.1 Å². The quantitative estimate of drug-likeness (QED) is 0.339. The maximum atomic E-state index is 13.8. The number of methoxy groups -OCH3 is 2. The monoisotopic (exact) mass is 647 g/mol. The highest BCUT2D eigenvalue weighted by molar-refractivity contribution is 5.88. The van der Waals surface area contributed by atoms with E-state index >= 15 is 0 Å². The summed E-state index contributed by atoms with van der Waals surface area (Å²) >= 11 is 0. The molecule has 2 heterocycles. The smallest absolute Gasteiger partial charge is 0.243 e. The van der Waals surface area contributed by atoms with Crippen LogP contribution < -0.4 is 20.7 Å². The van der Waals surface area contributed by atoms with E-state index in [2.05, 4.69) is 37.0 Å². The van der Waals surface area contributed by atoms with E-state index in [0.717, 1.165) is 35.4 Å². The molecule has 3 N–H and O–H groups in total. The number of carbonyl (C=O) groups excluding carboxylic acids is 3. The summed E-state index contributed by atoms with van der Waals surface area (Å²) in [6.45, 7) is 8.67. The number of benzene rings is 2. The third-order valence-electron chi connectivity index (χ3n) is 8.18. The van der Waals surface area contributed by atoms with E-state index in [0.29, 0.717) is 50.7 Å². The molecule has 0 aliphatic carbocycles. The van der Waals surface area contributed by atoms with Gasteiger partial charge in [0.05, 0.1) is 19.8 Å². The van der Waals surface area contributed by atoms with Crippen molar-refractivity contribution in [1.29, 1.82) is 0 Å². The van der Waals surface area contributed by atoms with Crippen molar-refractivity contribution < 1.29 is 23.9 Å². The summed E-state index contributed by atoms with van der Waals surface area (Å²) < 4.78 is 12.4. The summed E-state index contributed by atoms with van der Waals surface area (Å²) in [5.74, 6) is 1.07. The molecule has 0 unspecified atom stereocenters. The largest absolute Gasteiger partial charge is 0.496 e. The van der Waals surface area contributed by atoms with Crippen molar-refractivity contribution in [1.82, 2.24) is 35.6 Å². The molecule has 2 aromatic carbocycles. The molecule has 2 atom stereocenters. The minimum Gasteiger partial charge on any atom is -0.496 e. The third-order valence-corrected chi connectivity index (χ3v) is 8.18. The van der Waals surface area contributed by atoms with Crippen LogP contribution in [0.1, 0.15) is 67.5 Å². The van der Waals surface area contributed by atoms with Crippen molar-refractivity contribution in [2.75, 3.05) is 33.9 Å². The highest BCUT2D eigenvalue weighted by atomic mass is 16.5. The van der Waals surface area contributed by atoms with Crippen LogP contribution in [0.5, 0.6) is 5.75 Å². The summed E-state index contributed by atoms with van der Waals surface area (Å²) in [5.41, 5.74) is 3.00. The number of carbonyl (C=O) groups is 3.